The van der Waals surface area contributed by atoms with Crippen LogP contribution in [0, 0.1) is 6.92 Å². The second kappa shape index (κ2) is 13.0. The summed E-state index contributed by atoms with van der Waals surface area (Å²) in [5.74, 6) is 1.65. The number of alkyl halides is 1. The van der Waals surface area contributed by atoms with E-state index in [-0.39, 0.29) is 11.9 Å². The lowest BCUT2D eigenvalue weighted by atomic mass is 10.0. The number of hydrogen-bond acceptors (Lipinski definition) is 9. The number of hydrogen-bond donors (Lipinski definition) is 1. The Kier molecular flexibility index (Phi) is 9.51. The minimum absolute atomic E-state index is 0.00207. The molecule has 3 aromatic heterocycles. The number of nitrogens with zero attached hydrogens (tertiary/aromatic N) is 5. The fourth-order valence-corrected chi connectivity index (χ4v) is 4.87. The quantitative estimate of drug-likeness (QED) is 0.231. The highest BCUT2D eigenvalue weighted by Crippen LogP contribution is 2.26. The lowest BCUT2D eigenvalue weighted by molar-refractivity contribution is 0.0974. The highest BCUT2D eigenvalue weighted by atomic mass is 35.5. The van der Waals surface area contributed by atoms with E-state index in [0.29, 0.717) is 17.6 Å². The SMILES string of the molecule is CC(Cl)OC(=O)Cl.Cc1nnc(-c2cccc(-n3ccc(N(C(=O)c4cccs4)C4CCNCC4)n3)c2)o1. The van der Waals surface area contributed by atoms with Gasteiger partial charge in [-0.2, -0.15) is 0 Å². The van der Waals surface area contributed by atoms with Crippen molar-refractivity contribution in [1.82, 2.24) is 25.3 Å². The Morgan fingerprint density at radius 3 is 2.61 bits per heavy atom. The van der Waals surface area contributed by atoms with E-state index in [9.17, 15) is 9.59 Å². The van der Waals surface area contributed by atoms with Crippen LogP contribution in [0.3, 0.4) is 0 Å². The maximum absolute atomic E-state index is 13.3. The number of ether oxygens (including phenoxy) is 1. The normalized spacial score (nSPS) is 14.3. The lowest BCUT2D eigenvalue weighted by Gasteiger charge is -2.32. The van der Waals surface area contributed by atoms with Crippen molar-refractivity contribution in [2.24, 2.45) is 0 Å². The Balaban J connectivity index is 0.000000426. The standard InChI is InChI=1S/C22H22N6O2S.C3H4Cl2O2/c1-15-24-25-21(30-15)16-4-2-5-18(14-16)27-12-9-20(26-27)28(17-7-10-23-11-8-17)22(29)19-6-3-13-31-19;1-2(4)7-3(5)6/h2-6,9,12-14,17,23H,7-8,10-11H2,1H3;2H,1H3. The molecule has 0 aliphatic carbocycles. The monoisotopic (exact) mass is 576 g/mol. The van der Waals surface area contributed by atoms with E-state index in [2.05, 4.69) is 20.3 Å². The van der Waals surface area contributed by atoms with Crippen LogP contribution in [-0.2, 0) is 4.74 Å². The third-order valence-electron chi connectivity index (χ3n) is 5.59. The van der Waals surface area contributed by atoms with Crippen LogP contribution in [0.5, 0.6) is 0 Å². The van der Waals surface area contributed by atoms with Crippen LogP contribution in [0.15, 0.2) is 58.5 Å². The first-order chi connectivity index (χ1) is 18.3. The fourth-order valence-electron chi connectivity index (χ4n) is 3.95. The molecule has 0 bridgehead atoms. The molecule has 1 amide bonds. The van der Waals surface area contributed by atoms with Crippen LogP contribution in [0.1, 0.15) is 35.3 Å². The van der Waals surface area contributed by atoms with Crippen LogP contribution >= 0.6 is 34.5 Å². The minimum atomic E-state index is -0.873. The van der Waals surface area contributed by atoms with E-state index < -0.39 is 11.0 Å². The second-order valence-corrected chi connectivity index (χ2v) is 10.2. The highest BCUT2D eigenvalue weighted by molar-refractivity contribution is 7.12. The van der Waals surface area contributed by atoms with E-state index in [1.54, 1.807) is 11.6 Å². The average molecular weight is 577 g/mol. The number of aromatic nitrogens is 4. The average Bonchev–Trinajstić information content (AvgIpc) is 3.67. The molecular weight excluding hydrogens is 551 g/mol. The molecular formula is C25H26Cl2N6O4S. The predicted molar refractivity (Wildman–Crippen MR) is 146 cm³/mol. The van der Waals surface area contributed by atoms with E-state index in [1.165, 1.54) is 18.3 Å². The van der Waals surface area contributed by atoms with Gasteiger partial charge in [-0.05, 0) is 62.5 Å². The fraction of sp³-hybridized carbons (Fsp3) is 0.320. The molecule has 1 aliphatic heterocycles. The lowest BCUT2D eigenvalue weighted by Crippen LogP contribution is -2.46. The van der Waals surface area contributed by atoms with E-state index in [4.69, 9.17) is 32.7 Å². The molecule has 38 heavy (non-hydrogen) atoms. The molecule has 200 valence electrons. The van der Waals surface area contributed by atoms with Gasteiger partial charge in [-0.3, -0.25) is 9.69 Å². The highest BCUT2D eigenvalue weighted by Gasteiger charge is 2.30. The molecule has 1 atom stereocenters. The molecule has 1 unspecified atom stereocenters. The summed E-state index contributed by atoms with van der Waals surface area (Å²) in [6.07, 6.45) is 3.68. The molecule has 5 rings (SSSR count). The molecule has 10 nitrogen and oxygen atoms in total. The molecule has 0 saturated carbocycles. The number of aryl methyl sites for hydroxylation is 1. The maximum Gasteiger partial charge on any atom is 0.405 e. The number of carbonyl (C=O) groups is 2. The molecule has 13 heteroatoms. The van der Waals surface area contributed by atoms with E-state index in [1.807, 2.05) is 58.9 Å². The van der Waals surface area contributed by atoms with Crippen LogP contribution in [0.2, 0.25) is 0 Å². The zero-order valence-corrected chi connectivity index (χ0v) is 23.0. The summed E-state index contributed by atoms with van der Waals surface area (Å²) in [7, 11) is 0. The van der Waals surface area contributed by atoms with Gasteiger partial charge in [-0.1, -0.05) is 23.7 Å². The number of amides is 1. The van der Waals surface area contributed by atoms with Gasteiger partial charge in [0.25, 0.3) is 5.91 Å². The van der Waals surface area contributed by atoms with Gasteiger partial charge in [0.15, 0.2) is 11.4 Å². The molecule has 4 heterocycles. The van der Waals surface area contributed by atoms with Gasteiger partial charge < -0.3 is 14.5 Å². The van der Waals surface area contributed by atoms with Crippen molar-refractivity contribution in [3.63, 3.8) is 0 Å². The second-order valence-electron chi connectivity index (χ2n) is 8.33. The molecule has 1 aromatic carbocycles. The van der Waals surface area contributed by atoms with Crippen LogP contribution < -0.4 is 10.2 Å². The Bertz CT molecular complexity index is 1350. The maximum atomic E-state index is 13.3. The Morgan fingerprint density at radius 2 is 2.00 bits per heavy atom. The van der Waals surface area contributed by atoms with Gasteiger partial charge >= 0.3 is 5.43 Å². The van der Waals surface area contributed by atoms with Gasteiger partial charge in [0, 0.05) is 42.4 Å². The predicted octanol–water partition coefficient (Wildman–Crippen LogP) is 5.64. The van der Waals surface area contributed by atoms with Gasteiger partial charge in [0.05, 0.1) is 10.6 Å². The summed E-state index contributed by atoms with van der Waals surface area (Å²) >= 11 is 11.3. The van der Waals surface area contributed by atoms with Crippen molar-refractivity contribution in [2.45, 2.75) is 38.3 Å². The summed E-state index contributed by atoms with van der Waals surface area (Å²) in [6, 6.07) is 13.5. The summed E-state index contributed by atoms with van der Waals surface area (Å²) in [5.41, 5.74) is 0.168. The van der Waals surface area contributed by atoms with Crippen molar-refractivity contribution in [2.75, 3.05) is 18.0 Å². The number of rotatable bonds is 6. The van der Waals surface area contributed by atoms with E-state index >= 15 is 0 Å². The van der Waals surface area contributed by atoms with Gasteiger partial charge in [-0.15, -0.1) is 26.6 Å². The molecule has 1 saturated heterocycles. The zero-order chi connectivity index (χ0) is 27.1. The first-order valence-electron chi connectivity index (χ1n) is 11.9. The van der Waals surface area contributed by atoms with Gasteiger partial charge in [0.1, 0.15) is 0 Å². The third-order valence-corrected chi connectivity index (χ3v) is 6.62. The number of benzene rings is 1. The van der Waals surface area contributed by atoms with Gasteiger partial charge in [0.2, 0.25) is 11.8 Å². The Hall–Kier alpha value is -3.25. The molecule has 1 N–H and O–H groups in total. The van der Waals surface area contributed by atoms with E-state index in [0.717, 1.165) is 42.1 Å². The Morgan fingerprint density at radius 1 is 1.21 bits per heavy atom. The van der Waals surface area contributed by atoms with Crippen molar-refractivity contribution in [3.8, 4) is 17.1 Å². The zero-order valence-electron chi connectivity index (χ0n) is 20.7. The van der Waals surface area contributed by atoms with Crippen LogP contribution in [0.4, 0.5) is 10.6 Å². The largest absolute Gasteiger partial charge is 0.434 e. The first kappa shape index (κ1) is 27.8. The number of anilines is 1. The number of carbonyl (C=O) groups excluding carboxylic acids is 2. The minimum Gasteiger partial charge on any atom is -0.434 e. The van der Waals surface area contributed by atoms with Crippen LogP contribution in [0.25, 0.3) is 17.1 Å². The smallest absolute Gasteiger partial charge is 0.405 e. The summed E-state index contributed by atoms with van der Waals surface area (Å²) in [5, 5.41) is 18.1. The molecule has 1 aliphatic rings. The number of piperidine rings is 1. The Labute approximate surface area is 233 Å². The van der Waals surface area contributed by atoms with Crippen molar-refractivity contribution < 1.29 is 18.7 Å². The number of thiophene rings is 1. The summed E-state index contributed by atoms with van der Waals surface area (Å²) in [6.45, 7) is 5.05. The molecule has 1 fully saturated rings. The first-order valence-corrected chi connectivity index (χ1v) is 13.6. The third kappa shape index (κ3) is 7.19. The van der Waals surface area contributed by atoms with Crippen molar-refractivity contribution in [1.29, 1.82) is 0 Å². The summed E-state index contributed by atoms with van der Waals surface area (Å²) < 4.78 is 11.5. The number of halogens is 2. The molecule has 0 spiro atoms. The summed E-state index contributed by atoms with van der Waals surface area (Å²) in [4.78, 5) is 25.6. The topological polar surface area (TPSA) is 115 Å². The van der Waals surface area contributed by atoms with Crippen molar-refractivity contribution in [3.05, 3.63) is 64.8 Å². The molecule has 4 aromatic rings. The van der Waals surface area contributed by atoms with Gasteiger partial charge in [-0.25, -0.2) is 9.48 Å². The molecule has 0 radical (unpaired) electrons. The van der Waals surface area contributed by atoms with Crippen molar-refractivity contribution >= 4 is 51.7 Å². The van der Waals surface area contributed by atoms with Crippen LogP contribution in [-0.4, -0.2) is 56.0 Å². The number of nitrogens with one attached hydrogen (secondary N) is 1.